The molecule has 1 aliphatic heterocycles. The summed E-state index contributed by atoms with van der Waals surface area (Å²) in [7, 11) is -0.819. The van der Waals surface area contributed by atoms with E-state index in [9.17, 15) is 18.0 Å². The number of hydrogen-bond donors (Lipinski definition) is 1. The number of likely N-dealkylation sites (tertiary alicyclic amines) is 1. The summed E-state index contributed by atoms with van der Waals surface area (Å²) in [6.45, 7) is 4.41. The zero-order chi connectivity index (χ0) is 24.9. The molecule has 1 atom stereocenters. The Balaban J connectivity index is 1.64. The second-order valence-corrected chi connectivity index (χ2v) is 10.4. The molecule has 184 valence electrons. The SMILES string of the molecule is COc1ccc(C(=O)C2CCN(C(=O)[C@@H](NS(=O)(=O)c3ccc(OC)cc3)C(C)C)CC2)cc1. The van der Waals surface area contributed by atoms with Crippen molar-refractivity contribution < 1.29 is 27.5 Å². The van der Waals surface area contributed by atoms with Crippen molar-refractivity contribution in [3.05, 3.63) is 54.1 Å². The smallest absolute Gasteiger partial charge is 0.241 e. The molecule has 1 heterocycles. The lowest BCUT2D eigenvalue weighted by atomic mass is 9.88. The van der Waals surface area contributed by atoms with Crippen LogP contribution < -0.4 is 14.2 Å². The highest BCUT2D eigenvalue weighted by atomic mass is 32.2. The average molecular weight is 489 g/mol. The molecule has 1 aliphatic rings. The van der Waals surface area contributed by atoms with Crippen LogP contribution in [0.25, 0.3) is 0 Å². The zero-order valence-electron chi connectivity index (χ0n) is 20.0. The van der Waals surface area contributed by atoms with E-state index in [-0.39, 0.29) is 28.4 Å². The minimum atomic E-state index is -3.90. The molecule has 1 N–H and O–H groups in total. The normalized spacial score (nSPS) is 15.7. The van der Waals surface area contributed by atoms with Gasteiger partial charge in [-0.2, -0.15) is 4.72 Å². The van der Waals surface area contributed by atoms with E-state index in [4.69, 9.17) is 9.47 Å². The number of rotatable bonds is 9. The van der Waals surface area contributed by atoms with Crippen LogP contribution in [0.2, 0.25) is 0 Å². The number of carbonyl (C=O) groups excluding carboxylic acids is 2. The van der Waals surface area contributed by atoms with Gasteiger partial charge in [0.2, 0.25) is 15.9 Å². The number of Topliss-reactive ketones (excluding diaryl/α,β-unsaturated/α-hetero) is 1. The molecule has 2 aromatic carbocycles. The van der Waals surface area contributed by atoms with Crippen LogP contribution in [-0.2, 0) is 14.8 Å². The molecule has 1 fully saturated rings. The van der Waals surface area contributed by atoms with E-state index in [1.54, 1.807) is 62.3 Å². The quantitative estimate of drug-likeness (QED) is 0.544. The standard InChI is InChI=1S/C25H32N2O6S/c1-17(2)23(26-34(30,31)22-11-9-21(33-4)10-12-22)25(29)27-15-13-19(14-16-27)24(28)18-5-7-20(32-3)8-6-18/h5-12,17,19,23,26H,13-16H2,1-4H3/t23-/m0/s1. The number of sulfonamides is 1. The maximum Gasteiger partial charge on any atom is 0.241 e. The monoisotopic (exact) mass is 488 g/mol. The molecule has 0 spiro atoms. The molecule has 3 rings (SSSR count). The van der Waals surface area contributed by atoms with E-state index < -0.39 is 16.1 Å². The lowest BCUT2D eigenvalue weighted by Gasteiger charge is -2.35. The Bertz CT molecular complexity index is 1090. The van der Waals surface area contributed by atoms with Crippen LogP contribution in [0.3, 0.4) is 0 Å². The molecule has 1 amide bonds. The molecule has 2 aromatic rings. The first-order valence-electron chi connectivity index (χ1n) is 11.3. The largest absolute Gasteiger partial charge is 0.497 e. The summed E-state index contributed by atoms with van der Waals surface area (Å²) in [5.41, 5.74) is 0.623. The second kappa shape index (κ2) is 11.0. The van der Waals surface area contributed by atoms with Crippen molar-refractivity contribution in [2.45, 2.75) is 37.6 Å². The number of benzene rings is 2. The summed E-state index contributed by atoms with van der Waals surface area (Å²) in [6, 6.07) is 12.1. The molecule has 0 bridgehead atoms. The minimum absolute atomic E-state index is 0.0513. The van der Waals surface area contributed by atoms with Gasteiger partial charge in [0.05, 0.1) is 19.1 Å². The van der Waals surface area contributed by atoms with Gasteiger partial charge in [-0.3, -0.25) is 9.59 Å². The number of nitrogens with zero attached hydrogens (tertiary/aromatic N) is 1. The Hall–Kier alpha value is -2.91. The molecular weight excluding hydrogens is 456 g/mol. The van der Waals surface area contributed by atoms with Gasteiger partial charge in [-0.25, -0.2) is 8.42 Å². The molecule has 0 radical (unpaired) electrons. The van der Waals surface area contributed by atoms with Crippen LogP contribution in [-0.4, -0.2) is 58.4 Å². The van der Waals surface area contributed by atoms with Gasteiger partial charge in [0, 0.05) is 24.6 Å². The Morgan fingerprint density at radius 1 is 0.912 bits per heavy atom. The summed E-state index contributed by atoms with van der Waals surface area (Å²) in [5.74, 6) is 0.583. The number of nitrogens with one attached hydrogen (secondary N) is 1. The maximum absolute atomic E-state index is 13.2. The number of ketones is 1. The van der Waals surface area contributed by atoms with E-state index in [1.807, 2.05) is 0 Å². The number of carbonyl (C=O) groups is 2. The molecule has 0 aliphatic carbocycles. The van der Waals surface area contributed by atoms with Gasteiger partial charge in [-0.1, -0.05) is 13.8 Å². The Labute approximate surface area is 201 Å². The van der Waals surface area contributed by atoms with Crippen LogP contribution in [0.15, 0.2) is 53.4 Å². The predicted octanol–water partition coefficient (Wildman–Crippen LogP) is 3.13. The number of piperidine rings is 1. The third-order valence-electron chi connectivity index (χ3n) is 6.14. The van der Waals surface area contributed by atoms with Gasteiger partial charge in [-0.15, -0.1) is 0 Å². The fourth-order valence-electron chi connectivity index (χ4n) is 4.01. The Morgan fingerprint density at radius 2 is 1.41 bits per heavy atom. The topological polar surface area (TPSA) is 102 Å². The number of methoxy groups -OCH3 is 2. The van der Waals surface area contributed by atoms with Crippen molar-refractivity contribution in [2.75, 3.05) is 27.3 Å². The van der Waals surface area contributed by atoms with E-state index in [0.29, 0.717) is 43.0 Å². The van der Waals surface area contributed by atoms with Crippen molar-refractivity contribution in [1.29, 1.82) is 0 Å². The van der Waals surface area contributed by atoms with E-state index in [0.717, 1.165) is 0 Å². The van der Waals surface area contributed by atoms with Gasteiger partial charge in [0.25, 0.3) is 0 Å². The van der Waals surface area contributed by atoms with Crippen molar-refractivity contribution >= 4 is 21.7 Å². The minimum Gasteiger partial charge on any atom is -0.497 e. The molecule has 0 aromatic heterocycles. The van der Waals surface area contributed by atoms with E-state index in [2.05, 4.69) is 4.72 Å². The number of amides is 1. The Morgan fingerprint density at radius 3 is 1.88 bits per heavy atom. The van der Waals surface area contributed by atoms with Crippen LogP contribution in [0.5, 0.6) is 11.5 Å². The van der Waals surface area contributed by atoms with Crippen molar-refractivity contribution in [1.82, 2.24) is 9.62 Å². The molecule has 0 unspecified atom stereocenters. The van der Waals surface area contributed by atoms with Crippen molar-refractivity contribution in [3.8, 4) is 11.5 Å². The molecule has 0 saturated carbocycles. The predicted molar refractivity (Wildman–Crippen MR) is 129 cm³/mol. The first kappa shape index (κ1) is 25.7. The van der Waals surface area contributed by atoms with Crippen LogP contribution in [0, 0.1) is 11.8 Å². The van der Waals surface area contributed by atoms with E-state index in [1.165, 1.54) is 19.2 Å². The number of hydrogen-bond acceptors (Lipinski definition) is 6. The van der Waals surface area contributed by atoms with E-state index >= 15 is 0 Å². The number of ether oxygens (including phenoxy) is 2. The summed E-state index contributed by atoms with van der Waals surface area (Å²) >= 11 is 0. The lowest BCUT2D eigenvalue weighted by Crippen LogP contribution is -2.53. The van der Waals surface area contributed by atoms with Gasteiger partial charge < -0.3 is 14.4 Å². The van der Waals surface area contributed by atoms with Gasteiger partial charge in [0.15, 0.2) is 5.78 Å². The second-order valence-electron chi connectivity index (χ2n) is 8.71. The van der Waals surface area contributed by atoms with Crippen LogP contribution in [0.1, 0.15) is 37.0 Å². The van der Waals surface area contributed by atoms with Crippen LogP contribution >= 0.6 is 0 Å². The first-order valence-corrected chi connectivity index (χ1v) is 12.8. The zero-order valence-corrected chi connectivity index (χ0v) is 20.8. The third-order valence-corrected chi connectivity index (χ3v) is 7.59. The van der Waals surface area contributed by atoms with Crippen molar-refractivity contribution in [2.24, 2.45) is 11.8 Å². The molecular formula is C25H32N2O6S. The van der Waals surface area contributed by atoms with Gasteiger partial charge in [-0.05, 0) is 67.3 Å². The maximum atomic E-state index is 13.2. The summed E-state index contributed by atoms with van der Waals surface area (Å²) in [4.78, 5) is 27.8. The molecule has 8 nitrogen and oxygen atoms in total. The first-order chi connectivity index (χ1) is 16.2. The highest BCUT2D eigenvalue weighted by Gasteiger charge is 2.34. The third kappa shape index (κ3) is 5.95. The highest BCUT2D eigenvalue weighted by molar-refractivity contribution is 7.89. The summed E-state index contributed by atoms with van der Waals surface area (Å²) < 4.78 is 38.6. The summed E-state index contributed by atoms with van der Waals surface area (Å²) in [5, 5.41) is 0. The van der Waals surface area contributed by atoms with Gasteiger partial charge in [0.1, 0.15) is 17.5 Å². The Kier molecular flexibility index (Phi) is 8.33. The molecule has 34 heavy (non-hydrogen) atoms. The summed E-state index contributed by atoms with van der Waals surface area (Å²) in [6.07, 6.45) is 1.07. The highest BCUT2D eigenvalue weighted by Crippen LogP contribution is 2.25. The molecule has 1 saturated heterocycles. The van der Waals surface area contributed by atoms with Gasteiger partial charge >= 0.3 is 0 Å². The average Bonchev–Trinajstić information content (AvgIpc) is 2.86. The lowest BCUT2D eigenvalue weighted by molar-refractivity contribution is -0.135. The van der Waals surface area contributed by atoms with Crippen LogP contribution in [0.4, 0.5) is 0 Å². The van der Waals surface area contributed by atoms with Crippen molar-refractivity contribution in [3.63, 3.8) is 0 Å². The fourth-order valence-corrected chi connectivity index (χ4v) is 5.35. The fraction of sp³-hybridized carbons (Fsp3) is 0.440. The molecule has 9 heteroatoms.